The minimum Gasteiger partial charge on any atom is -0.350 e. The smallest absolute Gasteiger partial charge is 0.350 e. The Morgan fingerprint density at radius 3 is 2.41 bits per heavy atom. The summed E-state index contributed by atoms with van der Waals surface area (Å²) < 4.78 is 72.0. The van der Waals surface area contributed by atoms with E-state index in [1.807, 2.05) is 25.9 Å². The Balaban J connectivity index is 1.73. The lowest BCUT2D eigenvalue weighted by Gasteiger charge is -2.40. The minimum atomic E-state index is -4.02. The lowest BCUT2D eigenvalue weighted by atomic mass is 10.1. The molecule has 3 aromatic heterocycles. The Morgan fingerprint density at radius 1 is 1.09 bits per heavy atom. The summed E-state index contributed by atoms with van der Waals surface area (Å²) in [4.78, 5) is 44.5. The van der Waals surface area contributed by atoms with E-state index in [9.17, 15) is 26.8 Å². The lowest BCUT2D eigenvalue weighted by molar-refractivity contribution is -0.126. The van der Waals surface area contributed by atoms with Gasteiger partial charge in [0.15, 0.2) is 26.3 Å². The van der Waals surface area contributed by atoms with Gasteiger partial charge in [-0.15, -0.1) is 0 Å². The topological polar surface area (TPSA) is 122 Å². The van der Waals surface area contributed by atoms with Crippen LogP contribution in [0.1, 0.15) is 12.5 Å². The molecule has 0 spiro atoms. The van der Waals surface area contributed by atoms with Gasteiger partial charge in [0, 0.05) is 50.7 Å². The molecule has 1 atom stereocenters. The van der Waals surface area contributed by atoms with E-state index in [1.165, 1.54) is 18.3 Å². The summed E-state index contributed by atoms with van der Waals surface area (Å²) in [6.07, 6.45) is 5.42. The highest BCUT2D eigenvalue weighted by molar-refractivity contribution is 7.90. The molecule has 4 aromatic rings. The second kappa shape index (κ2) is 12.6. The van der Waals surface area contributed by atoms with E-state index in [0.29, 0.717) is 12.1 Å². The molecule has 1 aliphatic heterocycles. The molecule has 0 unspecified atom stereocenters. The summed E-state index contributed by atoms with van der Waals surface area (Å²) in [7, 11) is -0.254. The van der Waals surface area contributed by atoms with Gasteiger partial charge in [0.1, 0.15) is 23.1 Å². The maximum absolute atomic E-state index is 15.8. The van der Waals surface area contributed by atoms with Crippen LogP contribution in [0.4, 0.5) is 19.0 Å². The number of aromatic nitrogens is 4. The van der Waals surface area contributed by atoms with Crippen LogP contribution in [0.25, 0.3) is 28.0 Å². The Bertz CT molecular complexity index is 2030. The largest absolute Gasteiger partial charge is 0.355 e. The van der Waals surface area contributed by atoms with Crippen molar-refractivity contribution in [1.29, 1.82) is 0 Å². The number of halogens is 3. The number of carbonyl (C=O) groups is 1. The Morgan fingerprint density at radius 2 is 1.78 bits per heavy atom. The molecular weight excluding hydrogens is 623 g/mol. The number of rotatable bonds is 7. The number of aryl methyl sites for hydroxylation is 1. The van der Waals surface area contributed by atoms with E-state index in [1.54, 1.807) is 22.8 Å². The molecule has 15 heteroatoms. The predicted octanol–water partition coefficient (Wildman–Crippen LogP) is 3.13. The highest BCUT2D eigenvalue weighted by atomic mass is 32.2. The number of benzene rings is 1. The molecule has 46 heavy (non-hydrogen) atoms. The van der Waals surface area contributed by atoms with Crippen molar-refractivity contribution in [3.63, 3.8) is 0 Å². The molecule has 5 rings (SSSR count). The van der Waals surface area contributed by atoms with Crippen molar-refractivity contribution in [1.82, 2.24) is 29.3 Å². The molecule has 4 heterocycles. The molecule has 0 aliphatic carbocycles. The second-order valence-corrected chi connectivity index (χ2v) is 13.3. The summed E-state index contributed by atoms with van der Waals surface area (Å²) in [5.41, 5.74) is -2.60. The summed E-state index contributed by atoms with van der Waals surface area (Å²) >= 11 is 0. The van der Waals surface area contributed by atoms with Gasteiger partial charge in [0.25, 0.3) is 0 Å². The van der Waals surface area contributed by atoms with Crippen LogP contribution < -0.4 is 10.6 Å². The molecule has 0 saturated carbocycles. The van der Waals surface area contributed by atoms with Crippen LogP contribution in [0.5, 0.6) is 0 Å². The summed E-state index contributed by atoms with van der Waals surface area (Å²) in [5.74, 6) is -3.43. The zero-order valence-electron chi connectivity index (χ0n) is 25.8. The number of amides is 1. The number of nitrogens with zero attached hydrogens (tertiary/aromatic N) is 7. The van der Waals surface area contributed by atoms with Gasteiger partial charge in [0.2, 0.25) is 5.91 Å². The van der Waals surface area contributed by atoms with Crippen molar-refractivity contribution in [2.75, 3.05) is 51.4 Å². The van der Waals surface area contributed by atoms with E-state index < -0.39 is 55.3 Å². The number of likely N-dealkylation sites (N-methyl/N-ethyl adjacent to an activating group) is 1. The number of anilines is 1. The van der Waals surface area contributed by atoms with Crippen LogP contribution in [-0.4, -0.2) is 96.2 Å². The van der Waals surface area contributed by atoms with Gasteiger partial charge in [-0.1, -0.05) is 12.1 Å². The van der Waals surface area contributed by atoms with Crippen LogP contribution in [-0.2, 0) is 14.6 Å². The zero-order chi connectivity index (χ0) is 33.5. The van der Waals surface area contributed by atoms with Crippen molar-refractivity contribution in [3.05, 3.63) is 82.2 Å². The van der Waals surface area contributed by atoms with E-state index >= 15 is 4.39 Å². The van der Waals surface area contributed by atoms with Gasteiger partial charge in [-0.25, -0.2) is 40.9 Å². The molecule has 242 valence electrons. The molecule has 1 amide bonds. The van der Waals surface area contributed by atoms with Crippen molar-refractivity contribution >= 4 is 32.6 Å². The quantitative estimate of drug-likeness (QED) is 0.277. The number of fused-ring (bicyclic) bond motifs is 1. The first-order chi connectivity index (χ1) is 21.7. The highest BCUT2D eigenvalue weighted by Crippen LogP contribution is 2.34. The average molecular weight is 656 g/mol. The molecule has 1 aliphatic rings. The standard InChI is InChI=1S/C31H32F3N7O4S/c1-18-11-12-35-30(46(5,44)45)27(18)41-29-20(16-23(34)26(36-29)25-21(32)8-6-9-22(25)33)28(37-31(41)43)40-15-14-39(17-19(40)2)24(42)10-7-13-38(3)4/h6-12,16,19H,13-15,17H2,1-5H3/b10-7+/t19-/m0/s1. The van der Waals surface area contributed by atoms with Crippen molar-refractivity contribution in [2.45, 2.75) is 24.9 Å². The van der Waals surface area contributed by atoms with Crippen LogP contribution in [0.15, 0.2) is 58.5 Å². The van der Waals surface area contributed by atoms with Gasteiger partial charge in [-0.05, 0) is 57.8 Å². The van der Waals surface area contributed by atoms with Crippen LogP contribution in [0.2, 0.25) is 0 Å². The maximum atomic E-state index is 15.8. The number of pyridine rings is 2. The van der Waals surface area contributed by atoms with Gasteiger partial charge >= 0.3 is 5.69 Å². The molecule has 1 saturated heterocycles. The molecule has 0 bridgehead atoms. The van der Waals surface area contributed by atoms with Crippen molar-refractivity contribution < 1.29 is 26.4 Å². The maximum Gasteiger partial charge on any atom is 0.355 e. The summed E-state index contributed by atoms with van der Waals surface area (Å²) in [6, 6.07) is 5.06. The minimum absolute atomic E-state index is 0.0159. The zero-order valence-corrected chi connectivity index (χ0v) is 26.6. The van der Waals surface area contributed by atoms with Crippen LogP contribution in [0.3, 0.4) is 0 Å². The molecule has 0 radical (unpaired) electrons. The van der Waals surface area contributed by atoms with E-state index in [-0.39, 0.29) is 48.1 Å². The van der Waals surface area contributed by atoms with Crippen LogP contribution in [0, 0.1) is 24.4 Å². The Labute approximate surface area is 263 Å². The van der Waals surface area contributed by atoms with Crippen molar-refractivity contribution in [2.24, 2.45) is 0 Å². The molecule has 1 aromatic carbocycles. The molecule has 1 fully saturated rings. The number of sulfone groups is 1. The third-order valence-electron chi connectivity index (χ3n) is 7.61. The van der Waals surface area contributed by atoms with Crippen LogP contribution >= 0.6 is 0 Å². The third kappa shape index (κ3) is 6.24. The fraction of sp³-hybridized carbons (Fsp3) is 0.323. The predicted molar refractivity (Wildman–Crippen MR) is 167 cm³/mol. The monoisotopic (exact) mass is 655 g/mol. The van der Waals surface area contributed by atoms with E-state index in [0.717, 1.165) is 35.1 Å². The molecular formula is C31H32F3N7O4S. The van der Waals surface area contributed by atoms with E-state index in [2.05, 4.69) is 15.0 Å². The number of piperazine rings is 1. The van der Waals surface area contributed by atoms with Gasteiger partial charge < -0.3 is 14.7 Å². The van der Waals surface area contributed by atoms with E-state index in [4.69, 9.17) is 0 Å². The second-order valence-electron chi connectivity index (χ2n) is 11.4. The molecule has 0 N–H and O–H groups in total. The third-order valence-corrected chi connectivity index (χ3v) is 8.61. The number of hydrogen-bond donors (Lipinski definition) is 0. The Hall–Kier alpha value is -4.63. The average Bonchev–Trinajstić information content (AvgIpc) is 2.97. The van der Waals surface area contributed by atoms with Gasteiger partial charge in [-0.3, -0.25) is 4.79 Å². The normalized spacial score (nSPS) is 15.8. The summed E-state index contributed by atoms with van der Waals surface area (Å²) in [5, 5.41) is -0.476. The fourth-order valence-corrected chi connectivity index (χ4v) is 6.29. The van der Waals surface area contributed by atoms with Gasteiger partial charge in [-0.2, -0.15) is 4.98 Å². The first kappa shape index (κ1) is 32.8. The lowest BCUT2D eigenvalue weighted by Crippen LogP contribution is -2.54. The first-order valence-corrected chi connectivity index (χ1v) is 16.2. The molecule has 11 nitrogen and oxygen atoms in total. The Kier molecular flexibility index (Phi) is 9.00. The number of hydrogen-bond acceptors (Lipinski definition) is 9. The first-order valence-electron chi connectivity index (χ1n) is 14.3. The summed E-state index contributed by atoms with van der Waals surface area (Å²) in [6.45, 7) is 4.67. The number of carbonyl (C=O) groups excluding carboxylic acids is 1. The fourth-order valence-electron chi connectivity index (χ4n) is 5.44. The van der Waals surface area contributed by atoms with Gasteiger partial charge in [0.05, 0.1) is 16.6 Å². The SMILES string of the molecule is Cc1ccnc(S(C)(=O)=O)c1-n1c(=O)nc(N2CCN(C(=O)/C=C/CN(C)C)C[C@@H]2C)c2cc(F)c(-c3c(F)cccc3F)nc21. The highest BCUT2D eigenvalue weighted by Gasteiger charge is 2.31. The van der Waals surface area contributed by atoms with Crippen molar-refractivity contribution in [3.8, 4) is 16.9 Å².